The Balaban J connectivity index is 2.44. The summed E-state index contributed by atoms with van der Waals surface area (Å²) in [4.78, 5) is 13.1. The number of ketones is 1. The van der Waals surface area contributed by atoms with Crippen LogP contribution in [0.15, 0.2) is 28.5 Å². The van der Waals surface area contributed by atoms with E-state index in [4.69, 9.17) is 4.74 Å². The molecule has 1 aromatic carbocycles. The van der Waals surface area contributed by atoms with E-state index in [-0.39, 0.29) is 22.0 Å². The fourth-order valence-electron chi connectivity index (χ4n) is 3.58. The zero-order chi connectivity index (χ0) is 22.9. The zero-order valence-electron chi connectivity index (χ0n) is 18.8. The van der Waals surface area contributed by atoms with Crippen LogP contribution in [0.4, 0.5) is 0 Å². The Bertz CT molecular complexity index is 1020. The van der Waals surface area contributed by atoms with E-state index in [1.54, 1.807) is 6.92 Å². The summed E-state index contributed by atoms with van der Waals surface area (Å²) < 4.78 is 38.8. The average molecular weight is 453 g/mol. The van der Waals surface area contributed by atoms with Gasteiger partial charge in [0, 0.05) is 15.7 Å². The SMILES string of the molecule is CCC(CC)(c1ccc(OCC(=O)C(C)(C)C)c(C)c1)c1cc(C)c(S(=O)(=O)O)s1. The van der Waals surface area contributed by atoms with Crippen molar-refractivity contribution in [1.29, 1.82) is 0 Å². The van der Waals surface area contributed by atoms with E-state index in [1.807, 2.05) is 52.0 Å². The molecule has 0 amide bonds. The third-order valence-corrected chi connectivity index (χ3v) is 8.62. The molecule has 1 aromatic heterocycles. The first-order chi connectivity index (χ1) is 13.8. The van der Waals surface area contributed by atoms with Gasteiger partial charge in [0.1, 0.15) is 16.6 Å². The molecule has 0 saturated heterocycles. The number of thiophene rings is 1. The predicted molar refractivity (Wildman–Crippen MR) is 121 cm³/mol. The molecule has 0 fully saturated rings. The highest BCUT2D eigenvalue weighted by atomic mass is 32.3. The van der Waals surface area contributed by atoms with Crippen LogP contribution in [0.5, 0.6) is 5.75 Å². The van der Waals surface area contributed by atoms with Crippen molar-refractivity contribution in [2.75, 3.05) is 6.61 Å². The van der Waals surface area contributed by atoms with E-state index in [9.17, 15) is 17.8 Å². The van der Waals surface area contributed by atoms with Crippen LogP contribution in [0, 0.1) is 19.3 Å². The molecule has 0 aliphatic carbocycles. The van der Waals surface area contributed by atoms with Crippen molar-refractivity contribution in [2.45, 2.75) is 70.9 Å². The van der Waals surface area contributed by atoms with Crippen molar-refractivity contribution in [3.8, 4) is 5.75 Å². The van der Waals surface area contributed by atoms with Crippen molar-refractivity contribution in [2.24, 2.45) is 5.41 Å². The van der Waals surface area contributed by atoms with Gasteiger partial charge in [0.15, 0.2) is 5.78 Å². The van der Waals surface area contributed by atoms with Crippen LogP contribution in [-0.2, 0) is 20.3 Å². The minimum absolute atomic E-state index is 0.00106. The number of carbonyl (C=O) groups excluding carboxylic acids is 1. The van der Waals surface area contributed by atoms with E-state index in [0.29, 0.717) is 11.3 Å². The molecule has 30 heavy (non-hydrogen) atoms. The van der Waals surface area contributed by atoms with Gasteiger partial charge in [-0.2, -0.15) is 8.42 Å². The lowest BCUT2D eigenvalue weighted by atomic mass is 9.74. The molecule has 0 aliphatic heterocycles. The Morgan fingerprint density at radius 2 is 1.67 bits per heavy atom. The Labute approximate surface area is 184 Å². The Morgan fingerprint density at radius 3 is 2.10 bits per heavy atom. The molecule has 1 heterocycles. The topological polar surface area (TPSA) is 80.7 Å². The standard InChI is InChI=1S/C23H32O5S2/c1-8-23(9-2,20-13-16(4)21(29-20)30(25,26)27)17-10-11-18(15(3)12-17)28-14-19(24)22(5,6)7/h10-13H,8-9,14H2,1-7H3,(H,25,26,27). The molecule has 2 aromatic rings. The molecule has 0 atom stereocenters. The molecule has 166 valence electrons. The second-order valence-electron chi connectivity index (χ2n) is 8.79. The fraction of sp³-hybridized carbons (Fsp3) is 0.522. The van der Waals surface area contributed by atoms with Gasteiger partial charge in [-0.25, -0.2) is 0 Å². The van der Waals surface area contributed by atoms with Gasteiger partial charge in [0.25, 0.3) is 0 Å². The number of rotatable bonds is 8. The summed E-state index contributed by atoms with van der Waals surface area (Å²) in [6, 6.07) is 7.78. The lowest BCUT2D eigenvalue weighted by Crippen LogP contribution is -2.27. The molecule has 1 N–H and O–H groups in total. The van der Waals surface area contributed by atoms with Crippen LogP contribution >= 0.6 is 11.3 Å². The number of Topliss-reactive ketones (excluding diaryl/α,β-unsaturated/α-hetero) is 1. The van der Waals surface area contributed by atoms with Gasteiger partial charge < -0.3 is 4.74 Å². The average Bonchev–Trinajstić information content (AvgIpc) is 3.04. The van der Waals surface area contributed by atoms with Crippen LogP contribution in [0.2, 0.25) is 0 Å². The first-order valence-electron chi connectivity index (χ1n) is 10.1. The summed E-state index contributed by atoms with van der Waals surface area (Å²) in [5.74, 6) is 0.702. The van der Waals surface area contributed by atoms with E-state index < -0.39 is 15.5 Å². The molecular weight excluding hydrogens is 420 g/mol. The van der Waals surface area contributed by atoms with Crippen molar-refractivity contribution < 1.29 is 22.5 Å². The van der Waals surface area contributed by atoms with E-state index >= 15 is 0 Å². The summed E-state index contributed by atoms with van der Waals surface area (Å²) in [6.45, 7) is 13.4. The first-order valence-corrected chi connectivity index (χ1v) is 12.4. The van der Waals surface area contributed by atoms with Gasteiger partial charge >= 0.3 is 10.1 Å². The van der Waals surface area contributed by atoms with Crippen LogP contribution < -0.4 is 4.74 Å². The number of ether oxygens (including phenoxy) is 1. The van der Waals surface area contributed by atoms with Crippen LogP contribution in [0.1, 0.15) is 69.0 Å². The lowest BCUT2D eigenvalue weighted by molar-refractivity contribution is -0.128. The van der Waals surface area contributed by atoms with Crippen molar-refractivity contribution in [3.05, 3.63) is 45.8 Å². The maximum atomic E-state index is 12.2. The zero-order valence-corrected chi connectivity index (χ0v) is 20.5. The molecule has 0 spiro atoms. The van der Waals surface area contributed by atoms with Crippen molar-refractivity contribution in [1.82, 2.24) is 0 Å². The fourth-order valence-corrected chi connectivity index (χ4v) is 5.99. The van der Waals surface area contributed by atoms with Gasteiger partial charge in [-0.1, -0.05) is 46.8 Å². The molecule has 0 radical (unpaired) electrons. The minimum Gasteiger partial charge on any atom is -0.486 e. The van der Waals surface area contributed by atoms with Crippen LogP contribution in [0.25, 0.3) is 0 Å². The predicted octanol–water partition coefficient (Wildman–Crippen LogP) is 5.71. The molecule has 2 rings (SSSR count). The monoisotopic (exact) mass is 452 g/mol. The maximum Gasteiger partial charge on any atom is 0.304 e. The molecule has 0 saturated carbocycles. The molecule has 0 unspecified atom stereocenters. The highest BCUT2D eigenvalue weighted by molar-refractivity contribution is 7.88. The highest BCUT2D eigenvalue weighted by Gasteiger charge is 2.35. The van der Waals surface area contributed by atoms with Crippen LogP contribution in [0.3, 0.4) is 0 Å². The quantitative estimate of drug-likeness (QED) is 0.519. The summed E-state index contributed by atoms with van der Waals surface area (Å²) in [5.41, 5.74) is 1.71. The Morgan fingerprint density at radius 1 is 1.07 bits per heavy atom. The number of benzene rings is 1. The number of aryl methyl sites for hydroxylation is 2. The number of hydrogen-bond acceptors (Lipinski definition) is 5. The third kappa shape index (κ3) is 4.95. The van der Waals surface area contributed by atoms with E-state index in [0.717, 1.165) is 40.2 Å². The van der Waals surface area contributed by atoms with Crippen molar-refractivity contribution in [3.63, 3.8) is 0 Å². The Hall–Kier alpha value is -1.70. The maximum absolute atomic E-state index is 12.2. The molecule has 7 heteroatoms. The number of hydrogen-bond donors (Lipinski definition) is 1. The number of carbonyl (C=O) groups is 1. The van der Waals surface area contributed by atoms with Gasteiger partial charge in [-0.15, -0.1) is 11.3 Å². The largest absolute Gasteiger partial charge is 0.486 e. The summed E-state index contributed by atoms with van der Waals surface area (Å²) in [7, 11) is -4.25. The smallest absolute Gasteiger partial charge is 0.304 e. The van der Waals surface area contributed by atoms with Gasteiger partial charge in [-0.3, -0.25) is 9.35 Å². The van der Waals surface area contributed by atoms with Crippen molar-refractivity contribution >= 4 is 27.2 Å². The van der Waals surface area contributed by atoms with Gasteiger partial charge in [0.2, 0.25) is 0 Å². The highest BCUT2D eigenvalue weighted by Crippen LogP contribution is 2.45. The molecule has 0 aliphatic rings. The van der Waals surface area contributed by atoms with Crippen LogP contribution in [-0.4, -0.2) is 25.4 Å². The van der Waals surface area contributed by atoms with E-state index in [2.05, 4.69) is 13.8 Å². The summed E-state index contributed by atoms with van der Waals surface area (Å²) in [6.07, 6.45) is 1.55. The second-order valence-corrected chi connectivity index (χ2v) is 11.5. The summed E-state index contributed by atoms with van der Waals surface area (Å²) in [5, 5.41) is 0. The molecular formula is C23H32O5S2. The molecule has 0 bridgehead atoms. The lowest BCUT2D eigenvalue weighted by Gasteiger charge is -2.32. The van der Waals surface area contributed by atoms with Gasteiger partial charge in [-0.05, 0) is 55.5 Å². The summed E-state index contributed by atoms with van der Waals surface area (Å²) >= 11 is 1.13. The van der Waals surface area contributed by atoms with Gasteiger partial charge in [0.05, 0.1) is 0 Å². The normalized spacial score (nSPS) is 12.8. The second kappa shape index (κ2) is 8.81. The first kappa shape index (κ1) is 24.6. The third-order valence-electron chi connectivity index (χ3n) is 5.71. The van der Waals surface area contributed by atoms with E-state index in [1.165, 1.54) is 0 Å². The minimum atomic E-state index is -4.25. The Kier molecular flexibility index (Phi) is 7.21. The molecule has 5 nitrogen and oxygen atoms in total.